The molecular weight excluding hydrogens is 348 g/mol. The van der Waals surface area contributed by atoms with Crippen LogP contribution in [0.5, 0.6) is 0 Å². The Morgan fingerprint density at radius 2 is 2.04 bits per heavy atom. The molecule has 0 atom stereocenters. The summed E-state index contributed by atoms with van der Waals surface area (Å²) in [6, 6.07) is 5.09. The fraction of sp³-hybridized carbons (Fsp3) is 0.444. The van der Waals surface area contributed by atoms with E-state index in [2.05, 4.69) is 9.98 Å². The maximum atomic E-state index is 13.2. The number of fused-ring (bicyclic) bond motifs is 3. The molecule has 3 aromatic rings. The molecule has 1 aromatic carbocycles. The van der Waals surface area contributed by atoms with Gasteiger partial charge < -0.3 is 15.0 Å². The highest BCUT2D eigenvalue weighted by atomic mass is 16.5. The van der Waals surface area contributed by atoms with E-state index in [9.17, 15) is 9.59 Å². The Balaban J connectivity index is 2.44. The molecule has 2 heterocycles. The van der Waals surface area contributed by atoms with Gasteiger partial charge in [-0.3, -0.25) is 14.4 Å². The molecule has 1 amide bonds. The lowest BCUT2D eigenvalue weighted by Gasteiger charge is -2.07. The van der Waals surface area contributed by atoms with Crippen LogP contribution >= 0.6 is 0 Å². The van der Waals surface area contributed by atoms with Gasteiger partial charge in [-0.2, -0.15) is 4.98 Å². The third kappa shape index (κ3) is 3.25. The topological polar surface area (TPSA) is 109 Å². The molecule has 9 nitrogen and oxygen atoms in total. The quantitative estimate of drug-likeness (QED) is 0.610. The van der Waals surface area contributed by atoms with Crippen molar-refractivity contribution in [1.29, 1.82) is 0 Å². The van der Waals surface area contributed by atoms with E-state index in [4.69, 9.17) is 10.5 Å². The lowest BCUT2D eigenvalue weighted by atomic mass is 10.2. The number of hydrogen-bond donors (Lipinski definition) is 1. The summed E-state index contributed by atoms with van der Waals surface area (Å²) in [6.07, 6.45) is 0.756. The van der Waals surface area contributed by atoms with E-state index in [1.54, 1.807) is 25.3 Å². The number of primary amides is 1. The van der Waals surface area contributed by atoms with Crippen LogP contribution in [-0.2, 0) is 17.8 Å². The molecule has 0 saturated carbocycles. The normalized spacial score (nSPS) is 12.3. The fourth-order valence-corrected chi connectivity index (χ4v) is 3.20. The van der Waals surface area contributed by atoms with Gasteiger partial charge in [0.15, 0.2) is 0 Å². The fourth-order valence-electron chi connectivity index (χ4n) is 3.20. The SMILES string of the molecule is CCN=c1nc2n(CCCOC)c3ccc(C(N)=O)cc3n2c(=O)n1CC. The van der Waals surface area contributed by atoms with Gasteiger partial charge in [0.25, 0.3) is 0 Å². The zero-order valence-corrected chi connectivity index (χ0v) is 15.8. The molecule has 0 bridgehead atoms. The summed E-state index contributed by atoms with van der Waals surface area (Å²) >= 11 is 0. The number of carbonyl (C=O) groups is 1. The third-order valence-electron chi connectivity index (χ3n) is 4.44. The summed E-state index contributed by atoms with van der Waals surface area (Å²) in [5, 5.41) is 0. The van der Waals surface area contributed by atoms with E-state index in [1.165, 1.54) is 8.97 Å². The second kappa shape index (κ2) is 7.75. The number of nitrogens with zero attached hydrogens (tertiary/aromatic N) is 5. The first kappa shape index (κ1) is 18.8. The average Bonchev–Trinajstić information content (AvgIpc) is 2.95. The number of imidazole rings is 1. The predicted molar refractivity (Wildman–Crippen MR) is 102 cm³/mol. The molecule has 0 unspecified atom stereocenters. The first-order chi connectivity index (χ1) is 13.0. The third-order valence-corrected chi connectivity index (χ3v) is 4.44. The minimum absolute atomic E-state index is 0.244. The van der Waals surface area contributed by atoms with Crippen molar-refractivity contribution in [3.63, 3.8) is 0 Å². The molecule has 0 aliphatic rings. The molecule has 2 N–H and O–H groups in total. The van der Waals surface area contributed by atoms with Gasteiger partial charge in [0.1, 0.15) is 0 Å². The van der Waals surface area contributed by atoms with Crippen LogP contribution in [-0.4, -0.2) is 44.7 Å². The summed E-state index contributed by atoms with van der Waals surface area (Å²) in [4.78, 5) is 33.8. The largest absolute Gasteiger partial charge is 0.385 e. The predicted octanol–water partition coefficient (Wildman–Crippen LogP) is 0.527. The molecule has 0 fully saturated rings. The van der Waals surface area contributed by atoms with Crippen molar-refractivity contribution in [3.05, 3.63) is 39.9 Å². The van der Waals surface area contributed by atoms with Crippen molar-refractivity contribution < 1.29 is 9.53 Å². The number of carbonyl (C=O) groups excluding carboxylic acids is 1. The number of aryl methyl sites for hydroxylation is 1. The van der Waals surface area contributed by atoms with E-state index in [0.717, 1.165) is 11.9 Å². The number of rotatable bonds is 7. The van der Waals surface area contributed by atoms with E-state index in [-0.39, 0.29) is 5.69 Å². The van der Waals surface area contributed by atoms with Crippen molar-refractivity contribution in [2.24, 2.45) is 10.7 Å². The van der Waals surface area contributed by atoms with E-state index in [1.807, 2.05) is 18.4 Å². The molecule has 0 saturated heterocycles. The average molecular weight is 372 g/mol. The summed E-state index contributed by atoms with van der Waals surface area (Å²) in [7, 11) is 1.65. The molecule has 3 rings (SSSR count). The summed E-state index contributed by atoms with van der Waals surface area (Å²) in [5.74, 6) is -0.0521. The molecular formula is C18H24N6O3. The highest BCUT2D eigenvalue weighted by Gasteiger charge is 2.17. The number of ether oxygens (including phenoxy) is 1. The standard InChI is InChI=1S/C18H24N6O3/c1-4-20-16-21-17-23(9-6-10-27-3)13-8-7-12(15(19)25)11-14(13)24(17)18(26)22(16)5-2/h7-8,11H,4-6,9-10H2,1-3H3,(H2,19,25). The van der Waals surface area contributed by atoms with Crippen LogP contribution in [0, 0.1) is 0 Å². The second-order valence-corrected chi connectivity index (χ2v) is 6.11. The van der Waals surface area contributed by atoms with Crippen molar-refractivity contribution in [1.82, 2.24) is 18.5 Å². The van der Waals surface area contributed by atoms with E-state index >= 15 is 0 Å². The number of nitrogens with two attached hydrogens (primary N) is 1. The maximum absolute atomic E-state index is 13.2. The Morgan fingerprint density at radius 1 is 1.26 bits per heavy atom. The van der Waals surface area contributed by atoms with E-state index < -0.39 is 5.91 Å². The number of aromatic nitrogens is 4. The van der Waals surface area contributed by atoms with Gasteiger partial charge in [-0.1, -0.05) is 0 Å². The Kier molecular flexibility index (Phi) is 5.41. The van der Waals surface area contributed by atoms with Crippen molar-refractivity contribution in [2.75, 3.05) is 20.3 Å². The number of methoxy groups -OCH3 is 1. The van der Waals surface area contributed by atoms with Crippen LogP contribution in [0.1, 0.15) is 30.6 Å². The Morgan fingerprint density at radius 3 is 2.67 bits per heavy atom. The smallest absolute Gasteiger partial charge is 0.338 e. The first-order valence-electron chi connectivity index (χ1n) is 8.98. The first-order valence-corrected chi connectivity index (χ1v) is 8.98. The number of amides is 1. The maximum Gasteiger partial charge on any atom is 0.338 e. The highest BCUT2D eigenvalue weighted by Crippen LogP contribution is 2.20. The van der Waals surface area contributed by atoms with Crippen molar-refractivity contribution in [2.45, 2.75) is 33.4 Å². The van der Waals surface area contributed by atoms with Gasteiger partial charge in [0.2, 0.25) is 17.3 Å². The lowest BCUT2D eigenvalue weighted by molar-refractivity contribution is 0.100. The van der Waals surface area contributed by atoms with Crippen LogP contribution in [0.3, 0.4) is 0 Å². The second-order valence-electron chi connectivity index (χ2n) is 6.11. The summed E-state index contributed by atoms with van der Waals surface area (Å²) < 4.78 is 10.1. The van der Waals surface area contributed by atoms with Crippen molar-refractivity contribution >= 4 is 22.7 Å². The summed E-state index contributed by atoms with van der Waals surface area (Å²) in [5.41, 5.74) is 7.33. The van der Waals surface area contributed by atoms with Gasteiger partial charge in [-0.15, -0.1) is 0 Å². The Hall–Kier alpha value is -2.94. The number of hydrogen-bond acceptors (Lipinski definition) is 5. The van der Waals surface area contributed by atoms with Crippen LogP contribution < -0.4 is 17.0 Å². The Bertz CT molecular complexity index is 1120. The van der Waals surface area contributed by atoms with E-state index in [0.29, 0.717) is 48.7 Å². The monoisotopic (exact) mass is 372 g/mol. The molecule has 0 aliphatic carbocycles. The van der Waals surface area contributed by atoms with Crippen LogP contribution in [0.4, 0.5) is 0 Å². The molecule has 27 heavy (non-hydrogen) atoms. The molecule has 2 aromatic heterocycles. The van der Waals surface area contributed by atoms with Crippen LogP contribution in [0.25, 0.3) is 16.8 Å². The zero-order valence-electron chi connectivity index (χ0n) is 15.8. The molecule has 0 radical (unpaired) electrons. The van der Waals surface area contributed by atoms with Gasteiger partial charge in [0, 0.05) is 38.9 Å². The van der Waals surface area contributed by atoms with Crippen molar-refractivity contribution in [3.8, 4) is 0 Å². The minimum Gasteiger partial charge on any atom is -0.385 e. The zero-order chi connectivity index (χ0) is 19.6. The van der Waals surface area contributed by atoms with Gasteiger partial charge in [0.05, 0.1) is 11.0 Å². The van der Waals surface area contributed by atoms with Gasteiger partial charge in [-0.25, -0.2) is 9.20 Å². The lowest BCUT2D eigenvalue weighted by Crippen LogP contribution is -2.39. The Labute approximate surface area is 155 Å². The summed E-state index contributed by atoms with van der Waals surface area (Å²) in [6.45, 7) is 5.94. The molecule has 0 aliphatic heterocycles. The molecule has 144 valence electrons. The highest BCUT2D eigenvalue weighted by molar-refractivity contribution is 5.97. The van der Waals surface area contributed by atoms with Gasteiger partial charge >= 0.3 is 5.69 Å². The molecule has 9 heteroatoms. The number of benzene rings is 1. The molecule has 0 spiro atoms. The van der Waals surface area contributed by atoms with Crippen LogP contribution in [0.15, 0.2) is 28.0 Å². The van der Waals surface area contributed by atoms with Crippen LogP contribution in [0.2, 0.25) is 0 Å². The van der Waals surface area contributed by atoms with Gasteiger partial charge in [-0.05, 0) is 38.5 Å². The minimum atomic E-state index is -0.542.